The minimum atomic E-state index is -0.0193. The van der Waals surface area contributed by atoms with Gasteiger partial charge < -0.3 is 20.0 Å². The number of hydrogen-bond acceptors (Lipinski definition) is 4. The van der Waals surface area contributed by atoms with Crippen molar-refractivity contribution >= 4 is 17.6 Å². The van der Waals surface area contributed by atoms with Crippen molar-refractivity contribution in [3.63, 3.8) is 0 Å². The first-order valence-corrected chi connectivity index (χ1v) is 11.7. The van der Waals surface area contributed by atoms with Crippen molar-refractivity contribution in [3.8, 4) is 0 Å². The Kier molecular flexibility index (Phi) is 8.58. The maximum atomic E-state index is 12.7. The SMILES string of the molecule is CN=C(NCCCc1ccc(N(C)C)cc1)N1CCN(C(C)C(=O)N2CCCC2)CC1. The van der Waals surface area contributed by atoms with Gasteiger partial charge >= 0.3 is 0 Å². The number of piperazine rings is 1. The lowest BCUT2D eigenvalue weighted by atomic mass is 10.1. The summed E-state index contributed by atoms with van der Waals surface area (Å²) in [5.41, 5.74) is 2.60. The molecule has 2 saturated heterocycles. The number of nitrogens with zero attached hydrogens (tertiary/aromatic N) is 5. The van der Waals surface area contributed by atoms with Crippen LogP contribution < -0.4 is 10.2 Å². The van der Waals surface area contributed by atoms with Crippen LogP contribution in [0.25, 0.3) is 0 Å². The lowest BCUT2D eigenvalue weighted by Crippen LogP contribution is -2.57. The van der Waals surface area contributed by atoms with Gasteiger partial charge in [0.15, 0.2) is 5.96 Å². The molecule has 7 heteroatoms. The third-order valence-corrected chi connectivity index (χ3v) is 6.53. The van der Waals surface area contributed by atoms with Gasteiger partial charge in [0.2, 0.25) is 5.91 Å². The predicted molar refractivity (Wildman–Crippen MR) is 129 cm³/mol. The number of benzene rings is 1. The molecule has 1 atom stereocenters. The van der Waals surface area contributed by atoms with Crippen molar-refractivity contribution in [1.82, 2.24) is 20.0 Å². The first-order chi connectivity index (χ1) is 15.0. The van der Waals surface area contributed by atoms with E-state index in [-0.39, 0.29) is 6.04 Å². The number of likely N-dealkylation sites (tertiary alicyclic amines) is 1. The van der Waals surface area contributed by atoms with Crippen molar-refractivity contribution in [1.29, 1.82) is 0 Å². The van der Waals surface area contributed by atoms with Crippen molar-refractivity contribution < 1.29 is 4.79 Å². The molecule has 0 bridgehead atoms. The number of aliphatic imine (C=N–C) groups is 1. The topological polar surface area (TPSA) is 54.4 Å². The fraction of sp³-hybridized carbons (Fsp3) is 0.667. The van der Waals surface area contributed by atoms with E-state index in [4.69, 9.17) is 0 Å². The van der Waals surface area contributed by atoms with Gasteiger partial charge in [-0.15, -0.1) is 0 Å². The number of anilines is 1. The fourth-order valence-electron chi connectivity index (χ4n) is 4.46. The van der Waals surface area contributed by atoms with E-state index in [0.717, 1.165) is 77.5 Å². The normalized spacial score (nSPS) is 18.9. The lowest BCUT2D eigenvalue weighted by Gasteiger charge is -2.39. The summed E-state index contributed by atoms with van der Waals surface area (Å²) in [6.45, 7) is 8.45. The van der Waals surface area contributed by atoms with Crippen LogP contribution in [0.5, 0.6) is 0 Å². The van der Waals surface area contributed by atoms with Gasteiger partial charge in [0.1, 0.15) is 0 Å². The first kappa shape index (κ1) is 23.4. The Morgan fingerprint density at radius 3 is 2.26 bits per heavy atom. The summed E-state index contributed by atoms with van der Waals surface area (Å²) in [6, 6.07) is 8.77. The van der Waals surface area contributed by atoms with Crippen molar-refractivity contribution in [2.24, 2.45) is 4.99 Å². The summed E-state index contributed by atoms with van der Waals surface area (Å²) in [5, 5.41) is 3.52. The van der Waals surface area contributed by atoms with Gasteiger partial charge in [-0.1, -0.05) is 12.1 Å². The molecule has 0 radical (unpaired) electrons. The van der Waals surface area contributed by atoms with Crippen molar-refractivity contribution in [2.45, 2.75) is 38.6 Å². The molecule has 1 N–H and O–H groups in total. The lowest BCUT2D eigenvalue weighted by molar-refractivity contribution is -0.135. The van der Waals surface area contributed by atoms with E-state index in [0.29, 0.717) is 5.91 Å². The van der Waals surface area contributed by atoms with Gasteiger partial charge in [-0.05, 0) is 50.3 Å². The Morgan fingerprint density at radius 2 is 1.68 bits per heavy atom. The number of amides is 1. The molecule has 1 amide bonds. The minimum absolute atomic E-state index is 0.0193. The molecule has 1 aromatic rings. The van der Waals surface area contributed by atoms with E-state index in [2.05, 4.69) is 70.3 Å². The summed E-state index contributed by atoms with van der Waals surface area (Å²) in [7, 11) is 5.99. The molecule has 2 aliphatic heterocycles. The van der Waals surface area contributed by atoms with Gasteiger partial charge in [0, 0.05) is 72.6 Å². The number of nitrogens with one attached hydrogen (secondary N) is 1. The quantitative estimate of drug-likeness (QED) is 0.408. The van der Waals surface area contributed by atoms with Crippen LogP contribution in [-0.2, 0) is 11.2 Å². The highest BCUT2D eigenvalue weighted by Gasteiger charge is 2.30. The molecule has 2 fully saturated rings. The largest absolute Gasteiger partial charge is 0.378 e. The summed E-state index contributed by atoms with van der Waals surface area (Å²) >= 11 is 0. The Bertz CT molecular complexity index is 718. The van der Waals surface area contributed by atoms with Crippen LogP contribution in [0.15, 0.2) is 29.3 Å². The standard InChI is InChI=1S/C24H40N6O/c1-20(23(31)29-14-5-6-15-29)28-16-18-30(19-17-28)24(25-2)26-13-7-8-21-9-11-22(12-10-21)27(3)4/h9-12,20H,5-8,13-19H2,1-4H3,(H,25,26). The fourth-order valence-corrected chi connectivity index (χ4v) is 4.46. The molecule has 3 rings (SSSR count). The molecule has 1 unspecified atom stereocenters. The molecule has 172 valence electrons. The zero-order valence-corrected chi connectivity index (χ0v) is 19.8. The predicted octanol–water partition coefficient (Wildman–Crippen LogP) is 1.89. The molecular formula is C24H40N6O. The highest BCUT2D eigenvalue weighted by molar-refractivity contribution is 5.82. The van der Waals surface area contributed by atoms with E-state index in [1.54, 1.807) is 0 Å². The first-order valence-electron chi connectivity index (χ1n) is 11.7. The molecule has 0 aromatic heterocycles. The highest BCUT2D eigenvalue weighted by Crippen LogP contribution is 2.15. The Balaban J connectivity index is 1.38. The van der Waals surface area contributed by atoms with E-state index < -0.39 is 0 Å². The maximum Gasteiger partial charge on any atom is 0.239 e. The number of hydrogen-bond donors (Lipinski definition) is 1. The van der Waals surface area contributed by atoms with Crippen LogP contribution in [-0.4, -0.2) is 99.6 Å². The third-order valence-electron chi connectivity index (χ3n) is 6.53. The highest BCUT2D eigenvalue weighted by atomic mass is 16.2. The van der Waals surface area contributed by atoms with Crippen molar-refractivity contribution in [3.05, 3.63) is 29.8 Å². The molecule has 31 heavy (non-hydrogen) atoms. The molecule has 2 heterocycles. The van der Waals surface area contributed by atoms with Gasteiger partial charge in [-0.2, -0.15) is 0 Å². The molecule has 2 aliphatic rings. The molecule has 1 aromatic carbocycles. The number of guanidine groups is 1. The van der Waals surface area contributed by atoms with Gasteiger partial charge in [-0.25, -0.2) is 0 Å². The van der Waals surface area contributed by atoms with Crippen LogP contribution in [0.1, 0.15) is 31.7 Å². The second-order valence-corrected chi connectivity index (χ2v) is 8.87. The Hall–Kier alpha value is -2.28. The average molecular weight is 429 g/mol. The second kappa shape index (κ2) is 11.4. The van der Waals surface area contributed by atoms with Crippen LogP contribution >= 0.6 is 0 Å². The molecule has 7 nitrogen and oxygen atoms in total. The van der Waals surface area contributed by atoms with Gasteiger partial charge in [-0.3, -0.25) is 14.7 Å². The Labute approximate surface area is 188 Å². The number of rotatable bonds is 7. The summed E-state index contributed by atoms with van der Waals surface area (Å²) in [5.74, 6) is 1.27. The molecular weight excluding hydrogens is 388 g/mol. The minimum Gasteiger partial charge on any atom is -0.378 e. The molecule has 0 saturated carbocycles. The van der Waals surface area contributed by atoms with E-state index in [9.17, 15) is 4.79 Å². The van der Waals surface area contributed by atoms with E-state index >= 15 is 0 Å². The molecule has 0 aliphatic carbocycles. The monoisotopic (exact) mass is 428 g/mol. The Morgan fingerprint density at radius 1 is 1.03 bits per heavy atom. The van der Waals surface area contributed by atoms with Gasteiger partial charge in [0.05, 0.1) is 6.04 Å². The van der Waals surface area contributed by atoms with E-state index in [1.807, 2.05) is 11.9 Å². The summed E-state index contributed by atoms with van der Waals surface area (Å²) in [6.07, 6.45) is 4.43. The van der Waals surface area contributed by atoms with E-state index in [1.165, 1.54) is 11.3 Å². The second-order valence-electron chi connectivity index (χ2n) is 8.87. The number of carbonyl (C=O) groups is 1. The van der Waals surface area contributed by atoms with Gasteiger partial charge in [0.25, 0.3) is 0 Å². The van der Waals surface area contributed by atoms with Crippen LogP contribution in [0.3, 0.4) is 0 Å². The zero-order chi connectivity index (χ0) is 22.2. The third kappa shape index (κ3) is 6.35. The smallest absolute Gasteiger partial charge is 0.239 e. The van der Waals surface area contributed by atoms with Crippen LogP contribution in [0, 0.1) is 0 Å². The number of aryl methyl sites for hydroxylation is 1. The van der Waals surface area contributed by atoms with Crippen LogP contribution in [0.2, 0.25) is 0 Å². The summed E-state index contributed by atoms with van der Waals surface area (Å²) in [4.78, 5) is 26.0. The van der Waals surface area contributed by atoms with Crippen molar-refractivity contribution in [2.75, 3.05) is 71.9 Å². The maximum absolute atomic E-state index is 12.7. The summed E-state index contributed by atoms with van der Waals surface area (Å²) < 4.78 is 0. The van der Waals surface area contributed by atoms with Crippen LogP contribution in [0.4, 0.5) is 5.69 Å². The zero-order valence-electron chi connectivity index (χ0n) is 19.8. The molecule has 0 spiro atoms. The average Bonchev–Trinajstić information content (AvgIpc) is 3.34. The number of carbonyl (C=O) groups excluding carboxylic acids is 1.